The van der Waals surface area contributed by atoms with E-state index in [0.717, 1.165) is 40.5 Å². The lowest BCUT2D eigenvalue weighted by Gasteiger charge is -2.30. The number of carbonyl (C=O) groups excluding carboxylic acids is 4. The molecule has 53 heavy (non-hydrogen) atoms. The fourth-order valence-electron chi connectivity index (χ4n) is 4.74. The van der Waals surface area contributed by atoms with Crippen molar-refractivity contribution in [1.82, 2.24) is 20.3 Å². The number of alkyl halides is 3. The molecule has 1 N–H and O–H groups in total. The van der Waals surface area contributed by atoms with Gasteiger partial charge in [0.2, 0.25) is 0 Å². The van der Waals surface area contributed by atoms with Gasteiger partial charge in [-0.3, -0.25) is 19.5 Å². The Morgan fingerprint density at radius 3 is 2.19 bits per heavy atom. The van der Waals surface area contributed by atoms with Crippen LogP contribution < -0.4 is 10.2 Å². The van der Waals surface area contributed by atoms with Gasteiger partial charge in [0, 0.05) is 23.2 Å². The number of carbonyl (C=O) groups is 4. The van der Waals surface area contributed by atoms with Gasteiger partial charge in [0.15, 0.2) is 17.7 Å². The van der Waals surface area contributed by atoms with E-state index in [-0.39, 0.29) is 23.8 Å². The van der Waals surface area contributed by atoms with E-state index in [1.165, 1.54) is 28.4 Å². The zero-order valence-electron chi connectivity index (χ0n) is 29.8. The monoisotopic (exact) mass is 769 g/mol. The van der Waals surface area contributed by atoms with Crippen LogP contribution in [0.4, 0.5) is 27.9 Å². The highest BCUT2D eigenvalue weighted by atomic mass is 32.1. The van der Waals surface area contributed by atoms with Crippen molar-refractivity contribution in [2.45, 2.75) is 71.4 Å². The van der Waals surface area contributed by atoms with Gasteiger partial charge in [-0.15, -0.1) is 11.3 Å². The Balaban J connectivity index is 0.000000801. The SMILES string of the molecule is CC(C)(C)OC(=O)N[C@@H](Cc1ccc(C(F)(F)F)cc1)CN(C(=O)OC(C)(C)C)c1nc(C=O)c(-c2ccc3cnccc3c2)s1.O=Cc1cscn1. The number of halogens is 3. The van der Waals surface area contributed by atoms with Crippen molar-refractivity contribution in [3.63, 3.8) is 0 Å². The molecule has 16 heteroatoms. The molecule has 2 amide bonds. The summed E-state index contributed by atoms with van der Waals surface area (Å²) in [5.41, 5.74) is 0.850. The maximum absolute atomic E-state index is 13.6. The Hall–Kier alpha value is -5.22. The number of aromatic nitrogens is 3. The molecule has 0 saturated heterocycles. The van der Waals surface area contributed by atoms with E-state index >= 15 is 0 Å². The van der Waals surface area contributed by atoms with Crippen LogP contribution in [0.2, 0.25) is 0 Å². The summed E-state index contributed by atoms with van der Waals surface area (Å²) in [6.07, 6.45) is -1.35. The molecule has 2 aromatic carbocycles. The van der Waals surface area contributed by atoms with Gasteiger partial charge >= 0.3 is 18.4 Å². The minimum absolute atomic E-state index is 0.0359. The molecule has 11 nitrogen and oxygen atoms in total. The number of benzene rings is 2. The Kier molecular flexibility index (Phi) is 13.1. The zero-order chi connectivity index (χ0) is 39.0. The van der Waals surface area contributed by atoms with E-state index in [1.54, 1.807) is 64.8 Å². The summed E-state index contributed by atoms with van der Waals surface area (Å²) >= 11 is 2.51. The van der Waals surface area contributed by atoms with Crippen LogP contribution in [0.15, 0.2) is 71.8 Å². The highest BCUT2D eigenvalue weighted by molar-refractivity contribution is 7.19. The minimum Gasteiger partial charge on any atom is -0.444 e. The number of ether oxygens (including phenoxy) is 2. The number of nitrogens with zero attached hydrogens (tertiary/aromatic N) is 4. The maximum atomic E-state index is 13.6. The number of thiazole rings is 2. The molecule has 280 valence electrons. The second-order valence-corrected chi connectivity index (χ2v) is 15.3. The molecule has 0 unspecified atom stereocenters. The molecule has 0 saturated carbocycles. The van der Waals surface area contributed by atoms with Crippen molar-refractivity contribution in [2.24, 2.45) is 0 Å². The van der Waals surface area contributed by atoms with Crippen LogP contribution in [0.25, 0.3) is 21.2 Å². The average Bonchev–Trinajstić information content (AvgIpc) is 3.76. The summed E-state index contributed by atoms with van der Waals surface area (Å²) in [4.78, 5) is 62.5. The molecule has 3 heterocycles. The quantitative estimate of drug-likeness (QED) is 0.145. The standard InChI is InChI=1S/C33H35F3N4O5S.C4H3NOS/c1-31(2,3)44-29(42)38-25(15-20-7-11-24(12-8-20)33(34,35)36)18-40(30(43)45-32(4,5)6)28-39-26(19-41)27(46-28)22-9-10-23-17-37-14-13-21(23)16-22;6-1-4-2-7-3-5-4/h7-14,16-17,19,25H,15,18H2,1-6H3,(H,38,42);1-3H/t25-;/m0./s1. The largest absolute Gasteiger partial charge is 0.444 e. The van der Waals surface area contributed by atoms with Gasteiger partial charge in [0.1, 0.15) is 22.6 Å². The Morgan fingerprint density at radius 1 is 0.925 bits per heavy atom. The molecule has 0 aliphatic carbocycles. The summed E-state index contributed by atoms with van der Waals surface area (Å²) in [6, 6.07) is 11.1. The second-order valence-electron chi connectivity index (χ2n) is 13.6. The fraction of sp³-hybridized carbons (Fsp3) is 0.324. The number of fused-ring (bicyclic) bond motifs is 1. The number of anilines is 1. The van der Waals surface area contributed by atoms with Gasteiger partial charge in [-0.25, -0.2) is 19.6 Å². The minimum atomic E-state index is -4.51. The van der Waals surface area contributed by atoms with Gasteiger partial charge in [-0.2, -0.15) is 13.2 Å². The summed E-state index contributed by atoms with van der Waals surface area (Å²) in [5, 5.41) is 6.36. The average molecular weight is 770 g/mol. The van der Waals surface area contributed by atoms with Crippen LogP contribution in [0.1, 0.15) is 73.6 Å². The van der Waals surface area contributed by atoms with E-state index < -0.39 is 41.2 Å². The normalized spacial score (nSPS) is 12.2. The highest BCUT2D eigenvalue weighted by Crippen LogP contribution is 2.36. The van der Waals surface area contributed by atoms with Crippen LogP contribution in [-0.2, 0) is 22.1 Å². The van der Waals surface area contributed by atoms with Gasteiger partial charge in [-0.05, 0) is 88.7 Å². The first kappa shape index (κ1) is 40.5. The number of hydrogen-bond acceptors (Lipinski definition) is 11. The van der Waals surface area contributed by atoms with Gasteiger partial charge < -0.3 is 14.8 Å². The fourth-order valence-corrected chi connectivity index (χ4v) is 6.27. The molecule has 3 aromatic heterocycles. The van der Waals surface area contributed by atoms with Crippen LogP contribution in [0.5, 0.6) is 0 Å². The number of aldehydes is 2. The smallest absolute Gasteiger partial charge is 0.416 e. The lowest BCUT2D eigenvalue weighted by Crippen LogP contribution is -2.49. The zero-order valence-corrected chi connectivity index (χ0v) is 31.4. The van der Waals surface area contributed by atoms with E-state index in [4.69, 9.17) is 9.47 Å². The molecule has 5 rings (SSSR count). The van der Waals surface area contributed by atoms with Crippen molar-refractivity contribution in [2.75, 3.05) is 11.4 Å². The number of nitrogens with one attached hydrogen (secondary N) is 1. The molecule has 0 radical (unpaired) electrons. The van der Waals surface area contributed by atoms with E-state index in [2.05, 4.69) is 20.3 Å². The number of pyridine rings is 1. The first-order chi connectivity index (χ1) is 24.8. The molecule has 0 spiro atoms. The number of hydrogen-bond donors (Lipinski definition) is 1. The lowest BCUT2D eigenvalue weighted by molar-refractivity contribution is -0.137. The number of alkyl carbamates (subject to hydrolysis) is 1. The Bertz CT molecular complexity index is 2020. The highest BCUT2D eigenvalue weighted by Gasteiger charge is 2.32. The van der Waals surface area contributed by atoms with Gasteiger partial charge in [0.25, 0.3) is 0 Å². The molecule has 0 aliphatic heterocycles. The van der Waals surface area contributed by atoms with Crippen LogP contribution in [0, 0.1) is 0 Å². The first-order valence-corrected chi connectivity index (χ1v) is 17.9. The molecular formula is C37H38F3N5O6S2. The van der Waals surface area contributed by atoms with Crippen LogP contribution >= 0.6 is 22.7 Å². The first-order valence-electron chi connectivity index (χ1n) is 16.1. The predicted octanol–water partition coefficient (Wildman–Crippen LogP) is 9.02. The molecule has 1 atom stereocenters. The number of amides is 2. The summed E-state index contributed by atoms with van der Waals surface area (Å²) in [5.74, 6) is 0. The van der Waals surface area contributed by atoms with E-state index in [0.29, 0.717) is 28.0 Å². The van der Waals surface area contributed by atoms with Crippen molar-refractivity contribution in [3.05, 3.63) is 94.3 Å². The lowest BCUT2D eigenvalue weighted by atomic mass is 10.0. The van der Waals surface area contributed by atoms with Gasteiger partial charge in [-0.1, -0.05) is 35.6 Å². The second kappa shape index (κ2) is 17.1. The van der Waals surface area contributed by atoms with Crippen molar-refractivity contribution in [3.8, 4) is 10.4 Å². The number of rotatable bonds is 9. The molecule has 0 fully saturated rings. The summed E-state index contributed by atoms with van der Waals surface area (Å²) in [7, 11) is 0. The van der Waals surface area contributed by atoms with Crippen LogP contribution in [0.3, 0.4) is 0 Å². The van der Waals surface area contributed by atoms with Gasteiger partial charge in [0.05, 0.1) is 28.5 Å². The van der Waals surface area contributed by atoms with E-state index in [9.17, 15) is 32.3 Å². The molecule has 0 aliphatic rings. The van der Waals surface area contributed by atoms with Crippen LogP contribution in [-0.4, -0.2) is 63.5 Å². The predicted molar refractivity (Wildman–Crippen MR) is 198 cm³/mol. The topological polar surface area (TPSA) is 141 Å². The third kappa shape index (κ3) is 12.2. The Morgan fingerprint density at radius 2 is 1.62 bits per heavy atom. The Labute approximate surface area is 312 Å². The van der Waals surface area contributed by atoms with E-state index in [1.807, 2.05) is 24.3 Å². The molecular weight excluding hydrogens is 732 g/mol. The van der Waals surface area contributed by atoms with Crippen molar-refractivity contribution < 1.29 is 41.8 Å². The summed E-state index contributed by atoms with van der Waals surface area (Å²) in [6.45, 7) is 9.93. The molecule has 5 aromatic rings. The third-order valence-corrected chi connectivity index (χ3v) is 8.71. The van der Waals surface area contributed by atoms with Crippen molar-refractivity contribution >= 4 is 63.3 Å². The summed E-state index contributed by atoms with van der Waals surface area (Å²) < 4.78 is 50.7. The maximum Gasteiger partial charge on any atom is 0.416 e. The molecule has 0 bridgehead atoms. The van der Waals surface area contributed by atoms with Crippen molar-refractivity contribution in [1.29, 1.82) is 0 Å². The third-order valence-electron chi connectivity index (χ3n) is 6.96.